The van der Waals surface area contributed by atoms with Gasteiger partial charge in [-0.25, -0.2) is 9.82 Å². The normalized spacial score (nSPS) is 16.7. The van der Waals surface area contributed by atoms with Crippen LogP contribution in [0, 0.1) is 5.82 Å². The fourth-order valence-corrected chi connectivity index (χ4v) is 2.76. The van der Waals surface area contributed by atoms with Crippen LogP contribution in [0.3, 0.4) is 0 Å². The lowest BCUT2D eigenvalue weighted by atomic mass is 9.77. The zero-order valence-electron chi connectivity index (χ0n) is 11.2. The third-order valence-electron chi connectivity index (χ3n) is 4.06. The molecule has 1 aromatic heterocycles. The number of pyridine rings is 1. The highest BCUT2D eigenvalue weighted by Gasteiger charge is 2.25. The second-order valence-electron chi connectivity index (χ2n) is 5.26. The SMILES string of the molecule is NNC(c1ccc(F)cn1)c1ccccc1C1CCC1. The molecule has 0 radical (unpaired) electrons. The van der Waals surface area contributed by atoms with Gasteiger partial charge in [-0.05, 0) is 42.0 Å². The lowest BCUT2D eigenvalue weighted by Gasteiger charge is -2.30. The topological polar surface area (TPSA) is 50.9 Å². The van der Waals surface area contributed by atoms with E-state index in [0.717, 1.165) is 11.3 Å². The summed E-state index contributed by atoms with van der Waals surface area (Å²) in [4.78, 5) is 4.15. The Labute approximate surface area is 118 Å². The van der Waals surface area contributed by atoms with Gasteiger partial charge in [-0.2, -0.15) is 0 Å². The van der Waals surface area contributed by atoms with E-state index >= 15 is 0 Å². The number of halogens is 1. The summed E-state index contributed by atoms with van der Waals surface area (Å²) in [5.74, 6) is 6.00. The molecule has 1 fully saturated rings. The first-order valence-corrected chi connectivity index (χ1v) is 6.96. The van der Waals surface area contributed by atoms with Crippen molar-refractivity contribution >= 4 is 0 Å². The summed E-state index contributed by atoms with van der Waals surface area (Å²) in [6.07, 6.45) is 4.97. The number of aromatic nitrogens is 1. The Morgan fingerprint density at radius 1 is 1.20 bits per heavy atom. The van der Waals surface area contributed by atoms with Gasteiger partial charge in [0, 0.05) is 0 Å². The Bertz CT molecular complexity index is 579. The van der Waals surface area contributed by atoms with Crippen LogP contribution < -0.4 is 11.3 Å². The summed E-state index contributed by atoms with van der Waals surface area (Å²) in [6, 6.07) is 11.2. The molecule has 3 rings (SSSR count). The van der Waals surface area contributed by atoms with Crippen molar-refractivity contribution in [2.75, 3.05) is 0 Å². The molecule has 2 aromatic rings. The Balaban J connectivity index is 1.98. The van der Waals surface area contributed by atoms with Gasteiger partial charge in [-0.15, -0.1) is 0 Å². The van der Waals surface area contributed by atoms with Crippen molar-refractivity contribution < 1.29 is 4.39 Å². The Hall–Kier alpha value is -1.78. The average molecular weight is 271 g/mol. The summed E-state index contributed by atoms with van der Waals surface area (Å²) in [6.45, 7) is 0. The van der Waals surface area contributed by atoms with E-state index < -0.39 is 0 Å². The molecular weight excluding hydrogens is 253 g/mol. The number of nitrogens with one attached hydrogen (secondary N) is 1. The molecule has 3 N–H and O–H groups in total. The molecule has 1 saturated carbocycles. The van der Waals surface area contributed by atoms with Gasteiger partial charge in [0.2, 0.25) is 0 Å². The highest BCUT2D eigenvalue weighted by molar-refractivity contribution is 5.38. The summed E-state index contributed by atoms with van der Waals surface area (Å²) >= 11 is 0. The molecule has 1 atom stereocenters. The van der Waals surface area contributed by atoms with Gasteiger partial charge in [0.05, 0.1) is 17.9 Å². The third kappa shape index (κ3) is 2.44. The Kier molecular flexibility index (Phi) is 3.76. The molecule has 0 bridgehead atoms. The standard InChI is InChI=1S/C16H18FN3/c17-12-8-9-15(19-10-12)16(20-18)14-7-2-1-6-13(14)11-4-3-5-11/h1-2,6-11,16,20H,3-5,18H2. The number of rotatable bonds is 4. The molecule has 3 nitrogen and oxygen atoms in total. The van der Waals surface area contributed by atoms with Crippen molar-refractivity contribution in [2.24, 2.45) is 5.84 Å². The minimum Gasteiger partial charge on any atom is -0.271 e. The molecule has 1 aromatic carbocycles. The van der Waals surface area contributed by atoms with E-state index in [1.807, 2.05) is 6.07 Å². The predicted octanol–water partition coefficient (Wildman–Crippen LogP) is 3.04. The summed E-state index contributed by atoms with van der Waals surface area (Å²) in [5, 5.41) is 0. The van der Waals surface area contributed by atoms with E-state index in [1.54, 1.807) is 6.07 Å². The van der Waals surface area contributed by atoms with E-state index in [-0.39, 0.29) is 11.9 Å². The average Bonchev–Trinajstić information content (AvgIpc) is 2.41. The van der Waals surface area contributed by atoms with Crippen molar-refractivity contribution in [1.29, 1.82) is 0 Å². The molecule has 4 heteroatoms. The second-order valence-corrected chi connectivity index (χ2v) is 5.26. The van der Waals surface area contributed by atoms with Crippen LogP contribution in [0.5, 0.6) is 0 Å². The van der Waals surface area contributed by atoms with Crippen molar-refractivity contribution in [3.8, 4) is 0 Å². The van der Waals surface area contributed by atoms with Gasteiger partial charge >= 0.3 is 0 Å². The van der Waals surface area contributed by atoms with E-state index in [2.05, 4.69) is 28.6 Å². The smallest absolute Gasteiger partial charge is 0.141 e. The van der Waals surface area contributed by atoms with E-state index in [1.165, 1.54) is 37.1 Å². The molecule has 104 valence electrons. The molecular formula is C16H18FN3. The highest BCUT2D eigenvalue weighted by atomic mass is 19.1. The summed E-state index contributed by atoms with van der Waals surface area (Å²) in [7, 11) is 0. The van der Waals surface area contributed by atoms with Crippen LogP contribution in [0.4, 0.5) is 4.39 Å². The minimum absolute atomic E-state index is 0.201. The number of nitrogens with zero attached hydrogens (tertiary/aromatic N) is 1. The molecule has 1 unspecified atom stereocenters. The maximum absolute atomic E-state index is 13.0. The third-order valence-corrected chi connectivity index (χ3v) is 4.06. The second kappa shape index (κ2) is 5.69. The highest BCUT2D eigenvalue weighted by Crippen LogP contribution is 2.40. The minimum atomic E-state index is -0.336. The first-order valence-electron chi connectivity index (χ1n) is 6.96. The largest absolute Gasteiger partial charge is 0.271 e. The van der Waals surface area contributed by atoms with Gasteiger partial charge < -0.3 is 0 Å². The van der Waals surface area contributed by atoms with E-state index in [4.69, 9.17) is 5.84 Å². The molecule has 1 heterocycles. The fourth-order valence-electron chi connectivity index (χ4n) is 2.76. The van der Waals surface area contributed by atoms with Gasteiger partial charge in [0.15, 0.2) is 0 Å². The van der Waals surface area contributed by atoms with Gasteiger partial charge in [-0.3, -0.25) is 10.8 Å². The van der Waals surface area contributed by atoms with Crippen LogP contribution in [-0.2, 0) is 0 Å². The van der Waals surface area contributed by atoms with Crippen LogP contribution in [0.25, 0.3) is 0 Å². The van der Waals surface area contributed by atoms with Crippen molar-refractivity contribution in [3.63, 3.8) is 0 Å². The zero-order chi connectivity index (χ0) is 13.9. The molecule has 0 amide bonds. The molecule has 1 aliphatic rings. The summed E-state index contributed by atoms with van der Waals surface area (Å²) < 4.78 is 13.0. The molecule has 0 aliphatic heterocycles. The number of benzene rings is 1. The first-order chi connectivity index (χ1) is 9.79. The number of nitrogens with two attached hydrogens (primary N) is 1. The number of hydrogen-bond donors (Lipinski definition) is 2. The summed E-state index contributed by atoms with van der Waals surface area (Å²) in [5.41, 5.74) is 6.01. The maximum Gasteiger partial charge on any atom is 0.141 e. The van der Waals surface area contributed by atoms with Crippen molar-refractivity contribution in [1.82, 2.24) is 10.4 Å². The van der Waals surface area contributed by atoms with Gasteiger partial charge in [0.25, 0.3) is 0 Å². The molecule has 0 spiro atoms. The lowest BCUT2D eigenvalue weighted by Crippen LogP contribution is -2.31. The van der Waals surface area contributed by atoms with Gasteiger partial charge in [-0.1, -0.05) is 30.7 Å². The van der Waals surface area contributed by atoms with Crippen LogP contribution in [0.15, 0.2) is 42.6 Å². The van der Waals surface area contributed by atoms with Crippen LogP contribution in [0.1, 0.15) is 48.0 Å². The van der Waals surface area contributed by atoms with Crippen molar-refractivity contribution in [2.45, 2.75) is 31.2 Å². The predicted molar refractivity (Wildman–Crippen MR) is 76.4 cm³/mol. The van der Waals surface area contributed by atoms with Crippen LogP contribution >= 0.6 is 0 Å². The molecule has 20 heavy (non-hydrogen) atoms. The first kappa shape index (κ1) is 13.2. The van der Waals surface area contributed by atoms with E-state index in [0.29, 0.717) is 5.92 Å². The van der Waals surface area contributed by atoms with E-state index in [9.17, 15) is 4.39 Å². The van der Waals surface area contributed by atoms with Crippen LogP contribution in [-0.4, -0.2) is 4.98 Å². The Morgan fingerprint density at radius 2 is 2.00 bits per heavy atom. The zero-order valence-corrected chi connectivity index (χ0v) is 11.2. The monoisotopic (exact) mass is 271 g/mol. The number of hydrazine groups is 1. The quantitative estimate of drug-likeness (QED) is 0.664. The van der Waals surface area contributed by atoms with Gasteiger partial charge in [0.1, 0.15) is 5.82 Å². The number of hydrogen-bond acceptors (Lipinski definition) is 3. The molecule has 0 saturated heterocycles. The van der Waals surface area contributed by atoms with Crippen LogP contribution in [0.2, 0.25) is 0 Å². The fraction of sp³-hybridized carbons (Fsp3) is 0.312. The lowest BCUT2D eigenvalue weighted by molar-refractivity contribution is 0.414. The molecule has 1 aliphatic carbocycles. The Morgan fingerprint density at radius 3 is 2.60 bits per heavy atom. The van der Waals surface area contributed by atoms with Crippen molar-refractivity contribution in [3.05, 3.63) is 65.2 Å². The maximum atomic E-state index is 13.0.